The van der Waals surface area contributed by atoms with E-state index in [9.17, 15) is 0 Å². The molecule has 0 atom stereocenters. The van der Waals surface area contributed by atoms with Gasteiger partial charge in [-0.2, -0.15) is 0 Å². The molecule has 0 radical (unpaired) electrons. The van der Waals surface area contributed by atoms with Gasteiger partial charge < -0.3 is 5.32 Å². The molecule has 1 saturated heterocycles. The lowest BCUT2D eigenvalue weighted by molar-refractivity contribution is 0.442. The van der Waals surface area contributed by atoms with Gasteiger partial charge in [-0.25, -0.2) is 0 Å². The number of piperidine rings is 1. The molecule has 2 aromatic heterocycles. The van der Waals surface area contributed by atoms with E-state index in [1.165, 1.54) is 18.5 Å². The number of rotatable bonds is 1. The predicted molar refractivity (Wildman–Crippen MR) is 60.4 cm³/mol. The Labute approximate surface area is 92.3 Å². The Morgan fingerprint density at radius 2 is 2.20 bits per heavy atom. The minimum Gasteiger partial charge on any atom is -0.317 e. The van der Waals surface area contributed by atoms with E-state index >= 15 is 0 Å². The second-order valence-electron chi connectivity index (χ2n) is 4.08. The van der Waals surface area contributed by atoms with E-state index in [4.69, 9.17) is 0 Å². The smallest absolute Gasteiger partial charge is 0.216 e. The molecule has 3 heterocycles. The van der Waals surface area contributed by atoms with Crippen LogP contribution in [-0.4, -0.2) is 27.7 Å². The summed E-state index contributed by atoms with van der Waals surface area (Å²) in [6.07, 6.45) is 2.35. The van der Waals surface area contributed by atoms with Crippen LogP contribution in [0, 0.1) is 6.92 Å². The molecule has 2 aromatic rings. The Balaban J connectivity index is 2.05. The van der Waals surface area contributed by atoms with Gasteiger partial charge in [0.1, 0.15) is 5.82 Å². The highest BCUT2D eigenvalue weighted by Crippen LogP contribution is 2.26. The van der Waals surface area contributed by atoms with E-state index in [1.54, 1.807) is 11.3 Å². The van der Waals surface area contributed by atoms with Crippen LogP contribution >= 0.6 is 11.3 Å². The molecule has 3 rings (SSSR count). The minimum absolute atomic E-state index is 0.578. The summed E-state index contributed by atoms with van der Waals surface area (Å²) in [6, 6.07) is 0. The van der Waals surface area contributed by atoms with Crippen molar-refractivity contribution in [2.24, 2.45) is 0 Å². The molecule has 0 saturated carbocycles. The van der Waals surface area contributed by atoms with Gasteiger partial charge in [0.15, 0.2) is 0 Å². The van der Waals surface area contributed by atoms with Crippen molar-refractivity contribution < 1.29 is 0 Å². The first-order valence-corrected chi connectivity index (χ1v) is 6.24. The van der Waals surface area contributed by atoms with E-state index in [1.807, 2.05) is 0 Å². The summed E-state index contributed by atoms with van der Waals surface area (Å²) in [6.45, 7) is 4.32. The molecule has 1 aliphatic rings. The fraction of sp³-hybridized carbons (Fsp3) is 0.600. The van der Waals surface area contributed by atoms with Gasteiger partial charge in [-0.05, 0) is 32.9 Å². The monoisotopic (exact) mass is 222 g/mol. The zero-order chi connectivity index (χ0) is 10.3. The summed E-state index contributed by atoms with van der Waals surface area (Å²) in [5.41, 5.74) is 1.26. The molecule has 0 bridgehead atoms. The van der Waals surface area contributed by atoms with Gasteiger partial charge in [-0.15, -0.1) is 21.5 Å². The summed E-state index contributed by atoms with van der Waals surface area (Å²) in [5, 5.41) is 14.1. The van der Waals surface area contributed by atoms with Crippen molar-refractivity contribution in [1.82, 2.24) is 19.9 Å². The molecular weight excluding hydrogens is 208 g/mol. The van der Waals surface area contributed by atoms with Gasteiger partial charge in [-0.1, -0.05) is 0 Å². The van der Waals surface area contributed by atoms with Gasteiger partial charge in [0.2, 0.25) is 4.96 Å². The Morgan fingerprint density at radius 3 is 3.00 bits per heavy atom. The molecule has 0 aliphatic carbocycles. The number of hydrogen-bond donors (Lipinski definition) is 1. The second kappa shape index (κ2) is 3.57. The van der Waals surface area contributed by atoms with E-state index in [0.717, 1.165) is 23.9 Å². The maximum Gasteiger partial charge on any atom is 0.216 e. The SMILES string of the molecule is Cc1csc2nnc(C3CCNCC3)n12. The molecule has 80 valence electrons. The Morgan fingerprint density at radius 1 is 1.40 bits per heavy atom. The highest BCUT2D eigenvalue weighted by atomic mass is 32.1. The largest absolute Gasteiger partial charge is 0.317 e. The molecule has 1 N–H and O–H groups in total. The van der Waals surface area contributed by atoms with Crippen LogP contribution in [0.4, 0.5) is 0 Å². The molecule has 1 aliphatic heterocycles. The molecule has 15 heavy (non-hydrogen) atoms. The molecule has 5 heteroatoms. The molecule has 0 amide bonds. The van der Waals surface area contributed by atoms with Crippen molar-refractivity contribution in [3.8, 4) is 0 Å². The first-order valence-electron chi connectivity index (χ1n) is 5.36. The molecule has 1 fully saturated rings. The summed E-state index contributed by atoms with van der Waals surface area (Å²) in [5.74, 6) is 1.74. The Kier molecular flexibility index (Phi) is 2.21. The average molecular weight is 222 g/mol. The molecule has 0 aromatic carbocycles. The first-order chi connectivity index (χ1) is 7.36. The number of fused-ring (bicyclic) bond motifs is 1. The zero-order valence-corrected chi connectivity index (χ0v) is 9.55. The molecular formula is C10H14N4S. The summed E-state index contributed by atoms with van der Waals surface area (Å²) in [7, 11) is 0. The lowest BCUT2D eigenvalue weighted by atomic mass is 9.97. The van der Waals surface area contributed by atoms with E-state index in [-0.39, 0.29) is 0 Å². The van der Waals surface area contributed by atoms with Crippen molar-refractivity contribution >= 4 is 16.3 Å². The fourth-order valence-corrected chi connectivity index (χ4v) is 3.04. The number of aromatic nitrogens is 3. The molecule has 0 unspecified atom stereocenters. The number of aryl methyl sites for hydroxylation is 1. The second-order valence-corrected chi connectivity index (χ2v) is 4.91. The highest BCUT2D eigenvalue weighted by Gasteiger charge is 2.21. The third kappa shape index (κ3) is 1.46. The third-order valence-corrected chi connectivity index (χ3v) is 3.98. The fourth-order valence-electron chi connectivity index (χ4n) is 2.22. The maximum atomic E-state index is 4.34. The minimum atomic E-state index is 0.578. The van der Waals surface area contributed by atoms with Crippen LogP contribution in [0.1, 0.15) is 30.3 Å². The number of nitrogens with zero attached hydrogens (tertiary/aromatic N) is 3. The van der Waals surface area contributed by atoms with Crippen molar-refractivity contribution in [2.45, 2.75) is 25.7 Å². The lowest BCUT2D eigenvalue weighted by Crippen LogP contribution is -2.27. The van der Waals surface area contributed by atoms with Crippen molar-refractivity contribution in [3.05, 3.63) is 16.9 Å². The van der Waals surface area contributed by atoms with E-state index in [2.05, 4.69) is 32.2 Å². The number of hydrogen-bond acceptors (Lipinski definition) is 4. The van der Waals surface area contributed by atoms with Crippen LogP contribution in [0.3, 0.4) is 0 Å². The first kappa shape index (κ1) is 9.30. The van der Waals surface area contributed by atoms with Crippen molar-refractivity contribution in [2.75, 3.05) is 13.1 Å². The normalized spacial score (nSPS) is 18.7. The Bertz CT molecular complexity index is 467. The van der Waals surface area contributed by atoms with Crippen LogP contribution in [-0.2, 0) is 0 Å². The molecule has 4 nitrogen and oxygen atoms in total. The standard InChI is InChI=1S/C10H14N4S/c1-7-6-15-10-13-12-9(14(7)10)8-2-4-11-5-3-8/h6,8,11H,2-5H2,1H3. The van der Waals surface area contributed by atoms with Gasteiger partial charge in [-0.3, -0.25) is 4.40 Å². The number of nitrogens with one attached hydrogen (secondary N) is 1. The maximum absolute atomic E-state index is 4.34. The number of thiazole rings is 1. The van der Waals surface area contributed by atoms with Crippen LogP contribution in [0.25, 0.3) is 4.96 Å². The highest BCUT2D eigenvalue weighted by molar-refractivity contribution is 7.15. The molecule has 0 spiro atoms. The third-order valence-electron chi connectivity index (χ3n) is 3.05. The summed E-state index contributed by atoms with van der Waals surface area (Å²) in [4.78, 5) is 1.03. The average Bonchev–Trinajstić information content (AvgIpc) is 2.84. The van der Waals surface area contributed by atoms with Gasteiger partial charge in [0, 0.05) is 17.0 Å². The van der Waals surface area contributed by atoms with E-state index < -0.39 is 0 Å². The Hall–Kier alpha value is -0.940. The van der Waals surface area contributed by atoms with Crippen molar-refractivity contribution in [3.63, 3.8) is 0 Å². The van der Waals surface area contributed by atoms with Gasteiger partial charge in [0.25, 0.3) is 0 Å². The van der Waals surface area contributed by atoms with Gasteiger partial charge >= 0.3 is 0 Å². The van der Waals surface area contributed by atoms with Crippen LogP contribution < -0.4 is 5.32 Å². The summed E-state index contributed by atoms with van der Waals surface area (Å²) >= 11 is 1.67. The topological polar surface area (TPSA) is 42.2 Å². The van der Waals surface area contributed by atoms with Crippen LogP contribution in [0.15, 0.2) is 5.38 Å². The zero-order valence-electron chi connectivity index (χ0n) is 8.73. The van der Waals surface area contributed by atoms with Crippen molar-refractivity contribution in [1.29, 1.82) is 0 Å². The van der Waals surface area contributed by atoms with Gasteiger partial charge in [0.05, 0.1) is 0 Å². The predicted octanol–water partition coefficient (Wildman–Crippen LogP) is 1.57. The van der Waals surface area contributed by atoms with Crippen LogP contribution in [0.2, 0.25) is 0 Å². The summed E-state index contributed by atoms with van der Waals surface area (Å²) < 4.78 is 2.21. The lowest BCUT2D eigenvalue weighted by Gasteiger charge is -2.20. The van der Waals surface area contributed by atoms with E-state index in [0.29, 0.717) is 5.92 Å². The quantitative estimate of drug-likeness (QED) is 0.796. The van der Waals surface area contributed by atoms with Crippen LogP contribution in [0.5, 0.6) is 0 Å².